The van der Waals surface area contributed by atoms with E-state index in [0.29, 0.717) is 26.1 Å². The highest BCUT2D eigenvalue weighted by Gasteiger charge is 2.48. The Labute approximate surface area is 115 Å². The van der Waals surface area contributed by atoms with Gasteiger partial charge in [-0.2, -0.15) is 0 Å². The summed E-state index contributed by atoms with van der Waals surface area (Å²) in [5, 5.41) is 9.46. The van der Waals surface area contributed by atoms with E-state index in [9.17, 15) is 14.7 Å². The van der Waals surface area contributed by atoms with E-state index >= 15 is 0 Å². The lowest BCUT2D eigenvalue weighted by Gasteiger charge is -2.29. The van der Waals surface area contributed by atoms with Crippen LogP contribution in [0.25, 0.3) is 0 Å². The zero-order valence-corrected chi connectivity index (χ0v) is 12.2. The van der Waals surface area contributed by atoms with Gasteiger partial charge in [-0.05, 0) is 31.7 Å². The lowest BCUT2D eigenvalue weighted by molar-refractivity contribution is -0.151. The van der Waals surface area contributed by atoms with Crippen LogP contribution in [0.4, 0.5) is 0 Å². The fourth-order valence-corrected chi connectivity index (χ4v) is 2.77. The van der Waals surface area contributed by atoms with Crippen LogP contribution >= 0.6 is 0 Å². The van der Waals surface area contributed by atoms with E-state index in [-0.39, 0.29) is 17.7 Å². The van der Waals surface area contributed by atoms with E-state index in [1.54, 1.807) is 4.90 Å². The second kappa shape index (κ2) is 6.37. The second-order valence-corrected chi connectivity index (χ2v) is 5.96. The summed E-state index contributed by atoms with van der Waals surface area (Å²) < 4.78 is 0. The number of nitrogens with zero attached hydrogens (tertiary/aromatic N) is 1. The lowest BCUT2D eigenvalue weighted by Crippen LogP contribution is -2.41. The highest BCUT2D eigenvalue weighted by molar-refractivity contribution is 5.82. The van der Waals surface area contributed by atoms with Gasteiger partial charge in [-0.3, -0.25) is 9.59 Å². The van der Waals surface area contributed by atoms with Gasteiger partial charge in [0.25, 0.3) is 0 Å². The zero-order chi connectivity index (χ0) is 14.6. The molecule has 0 aliphatic carbocycles. The number of carbonyl (C=O) groups is 2. The summed E-state index contributed by atoms with van der Waals surface area (Å²) in [4.78, 5) is 25.5. The molecule has 3 N–H and O–H groups in total. The van der Waals surface area contributed by atoms with Crippen molar-refractivity contribution in [3.05, 3.63) is 0 Å². The molecule has 0 bridgehead atoms. The van der Waals surface area contributed by atoms with Crippen molar-refractivity contribution in [3.8, 4) is 0 Å². The Hall–Kier alpha value is -1.10. The van der Waals surface area contributed by atoms with Crippen LogP contribution in [-0.2, 0) is 9.59 Å². The molecule has 1 heterocycles. The molecule has 0 aromatic rings. The Morgan fingerprint density at radius 2 is 2.00 bits per heavy atom. The minimum Gasteiger partial charge on any atom is -0.481 e. The first-order valence-electron chi connectivity index (χ1n) is 7.07. The molecule has 19 heavy (non-hydrogen) atoms. The van der Waals surface area contributed by atoms with Crippen LogP contribution in [0.3, 0.4) is 0 Å². The molecule has 0 spiro atoms. The first-order valence-corrected chi connectivity index (χ1v) is 7.07. The van der Waals surface area contributed by atoms with Gasteiger partial charge in [0.15, 0.2) is 0 Å². The van der Waals surface area contributed by atoms with Gasteiger partial charge in [0.2, 0.25) is 5.91 Å². The number of amides is 1. The van der Waals surface area contributed by atoms with Crippen LogP contribution in [0.5, 0.6) is 0 Å². The molecule has 2 unspecified atom stereocenters. The van der Waals surface area contributed by atoms with E-state index in [4.69, 9.17) is 5.73 Å². The average Bonchev–Trinajstić information content (AvgIpc) is 2.81. The van der Waals surface area contributed by atoms with E-state index in [1.807, 2.05) is 20.8 Å². The smallest absolute Gasteiger partial charge is 0.311 e. The molecule has 110 valence electrons. The van der Waals surface area contributed by atoms with Crippen molar-refractivity contribution in [1.29, 1.82) is 0 Å². The molecule has 5 heteroatoms. The largest absolute Gasteiger partial charge is 0.481 e. The summed E-state index contributed by atoms with van der Waals surface area (Å²) in [5.41, 5.74) is 4.68. The lowest BCUT2D eigenvalue weighted by atomic mass is 9.76. The first-order chi connectivity index (χ1) is 8.85. The number of nitrogens with two attached hydrogens (primary N) is 1. The number of carboxylic acid groups (broad SMARTS) is 1. The molecule has 0 aromatic carbocycles. The quantitative estimate of drug-likeness (QED) is 0.762. The Morgan fingerprint density at radius 1 is 1.37 bits per heavy atom. The van der Waals surface area contributed by atoms with Gasteiger partial charge in [0, 0.05) is 19.0 Å². The maximum absolute atomic E-state index is 12.3. The summed E-state index contributed by atoms with van der Waals surface area (Å²) in [7, 11) is 0. The number of carbonyl (C=O) groups excluding carboxylic acids is 1. The summed E-state index contributed by atoms with van der Waals surface area (Å²) in [6, 6.07) is 0. The van der Waals surface area contributed by atoms with Crippen LogP contribution < -0.4 is 5.73 Å². The minimum atomic E-state index is -0.785. The van der Waals surface area contributed by atoms with E-state index in [1.165, 1.54) is 0 Å². The van der Waals surface area contributed by atoms with Gasteiger partial charge in [0.05, 0.1) is 5.41 Å². The Bertz CT molecular complexity index is 344. The predicted molar refractivity (Wildman–Crippen MR) is 73.6 cm³/mol. The summed E-state index contributed by atoms with van der Waals surface area (Å²) in [5.74, 6) is -0.757. The zero-order valence-electron chi connectivity index (χ0n) is 12.2. The molecular formula is C14H26N2O3. The van der Waals surface area contributed by atoms with Crippen molar-refractivity contribution in [3.63, 3.8) is 0 Å². The third-order valence-corrected chi connectivity index (χ3v) is 4.41. The SMILES string of the molecule is CC(CCCN)C(=O)N1CCC(C(=O)O)(C(C)C)C1. The molecular weight excluding hydrogens is 244 g/mol. The van der Waals surface area contributed by atoms with Crippen LogP contribution in [-0.4, -0.2) is 41.5 Å². The molecule has 1 aliphatic rings. The van der Waals surface area contributed by atoms with Gasteiger partial charge < -0.3 is 15.7 Å². The fraction of sp³-hybridized carbons (Fsp3) is 0.857. The number of carboxylic acids is 1. The first kappa shape index (κ1) is 16.0. The molecule has 1 fully saturated rings. The van der Waals surface area contributed by atoms with Crippen molar-refractivity contribution in [2.45, 2.75) is 40.0 Å². The molecule has 5 nitrogen and oxygen atoms in total. The Kier molecular flexibility index (Phi) is 5.35. The summed E-state index contributed by atoms with van der Waals surface area (Å²) >= 11 is 0. The molecule has 1 rings (SSSR count). The molecule has 1 aliphatic heterocycles. The van der Waals surface area contributed by atoms with Gasteiger partial charge in [0.1, 0.15) is 0 Å². The molecule has 0 saturated carbocycles. The number of rotatable bonds is 6. The molecule has 2 atom stereocenters. The highest BCUT2D eigenvalue weighted by Crippen LogP contribution is 2.38. The summed E-state index contributed by atoms with van der Waals surface area (Å²) in [6.45, 7) is 7.21. The van der Waals surface area contributed by atoms with Gasteiger partial charge in [-0.15, -0.1) is 0 Å². The van der Waals surface area contributed by atoms with Crippen LogP contribution in [0.15, 0.2) is 0 Å². The van der Waals surface area contributed by atoms with Crippen molar-refractivity contribution in [1.82, 2.24) is 4.90 Å². The second-order valence-electron chi connectivity index (χ2n) is 5.96. The number of hydrogen-bond acceptors (Lipinski definition) is 3. The van der Waals surface area contributed by atoms with Crippen molar-refractivity contribution in [2.24, 2.45) is 23.0 Å². The van der Waals surface area contributed by atoms with E-state index in [2.05, 4.69) is 0 Å². The minimum absolute atomic E-state index is 0.0298. The average molecular weight is 270 g/mol. The van der Waals surface area contributed by atoms with Gasteiger partial charge >= 0.3 is 5.97 Å². The van der Waals surface area contributed by atoms with Crippen molar-refractivity contribution < 1.29 is 14.7 Å². The van der Waals surface area contributed by atoms with E-state index < -0.39 is 11.4 Å². The topological polar surface area (TPSA) is 83.6 Å². The van der Waals surface area contributed by atoms with E-state index in [0.717, 1.165) is 12.8 Å². The maximum atomic E-state index is 12.3. The predicted octanol–water partition coefficient (Wildman–Crippen LogP) is 1.32. The maximum Gasteiger partial charge on any atom is 0.311 e. The molecule has 1 saturated heterocycles. The van der Waals surface area contributed by atoms with Crippen LogP contribution in [0.2, 0.25) is 0 Å². The Balaban J connectivity index is 2.69. The monoisotopic (exact) mass is 270 g/mol. The standard InChI is InChI=1S/C14H26N2O3/c1-10(2)14(13(18)19)6-8-16(9-14)12(17)11(3)5-4-7-15/h10-11H,4-9,15H2,1-3H3,(H,18,19). The van der Waals surface area contributed by atoms with Gasteiger partial charge in [-0.25, -0.2) is 0 Å². The molecule has 0 radical (unpaired) electrons. The molecule has 1 amide bonds. The highest BCUT2D eigenvalue weighted by atomic mass is 16.4. The van der Waals surface area contributed by atoms with Crippen molar-refractivity contribution in [2.75, 3.05) is 19.6 Å². The Morgan fingerprint density at radius 3 is 2.42 bits per heavy atom. The fourth-order valence-electron chi connectivity index (χ4n) is 2.77. The van der Waals surface area contributed by atoms with Crippen LogP contribution in [0.1, 0.15) is 40.0 Å². The van der Waals surface area contributed by atoms with Gasteiger partial charge in [-0.1, -0.05) is 20.8 Å². The van der Waals surface area contributed by atoms with Crippen LogP contribution in [0, 0.1) is 17.3 Å². The molecule has 0 aromatic heterocycles. The third kappa shape index (κ3) is 3.26. The normalized spacial score (nSPS) is 24.8. The number of aliphatic carboxylic acids is 1. The summed E-state index contributed by atoms with van der Waals surface area (Å²) in [6.07, 6.45) is 2.15. The number of likely N-dealkylation sites (tertiary alicyclic amines) is 1. The third-order valence-electron chi connectivity index (χ3n) is 4.41. The van der Waals surface area contributed by atoms with Crippen molar-refractivity contribution >= 4 is 11.9 Å². The number of hydrogen-bond donors (Lipinski definition) is 2.